The van der Waals surface area contributed by atoms with E-state index in [4.69, 9.17) is 4.42 Å². The van der Waals surface area contributed by atoms with Crippen molar-refractivity contribution in [2.24, 2.45) is 0 Å². The Morgan fingerprint density at radius 3 is 2.23 bits per heavy atom. The van der Waals surface area contributed by atoms with Crippen molar-refractivity contribution in [3.8, 4) is 28.2 Å². The molecule has 0 saturated carbocycles. The van der Waals surface area contributed by atoms with Crippen LogP contribution in [0, 0.1) is 0 Å². The number of hydrogen-bond donors (Lipinski definition) is 1. The molecule has 0 aromatic heterocycles. The number of Topliss-reactive ketones (excluding diaryl/α,β-unsaturated/α-hetero) is 2. The normalized spacial score (nSPS) is 12.6. The minimum absolute atomic E-state index is 0.0945. The largest absolute Gasteiger partial charge is 0.508 e. The lowest BCUT2D eigenvalue weighted by molar-refractivity contribution is -0.118. The third-order valence-electron chi connectivity index (χ3n) is 7.06. The van der Waals surface area contributed by atoms with Gasteiger partial charge in [-0.2, -0.15) is 0 Å². The fourth-order valence-electron chi connectivity index (χ4n) is 4.44. The summed E-state index contributed by atoms with van der Waals surface area (Å²) in [5.74, 6) is 1.01. The van der Waals surface area contributed by atoms with E-state index in [1.54, 1.807) is 31.8 Å². The smallest absolute Gasteiger partial charge is 0.182 e. The predicted molar refractivity (Wildman–Crippen MR) is 163 cm³/mol. The Labute approximate surface area is 236 Å². The third kappa shape index (κ3) is 8.76. The Bertz CT molecular complexity index is 1520. The van der Waals surface area contributed by atoms with E-state index in [1.807, 2.05) is 50.2 Å². The number of phenols is 1. The second-order valence-corrected chi connectivity index (χ2v) is 14.5. The first-order valence-corrected chi connectivity index (χ1v) is 16.2. The Morgan fingerprint density at radius 2 is 1.57 bits per heavy atom. The monoisotopic (exact) mass is 562 g/mol. The number of ketones is 2. The molecular formula is C33H39O6P. The van der Waals surface area contributed by atoms with Gasteiger partial charge in [-0.1, -0.05) is 57.0 Å². The number of carbonyl (C=O) groups excluding carboxylic acids is 2. The zero-order chi connectivity index (χ0) is 29.3. The summed E-state index contributed by atoms with van der Waals surface area (Å²) < 4.78 is 17.9. The first kappa shape index (κ1) is 31.0. The van der Waals surface area contributed by atoms with Crippen LogP contribution in [0.5, 0.6) is 5.75 Å². The number of fused-ring (bicyclic) bond motifs is 2. The molecule has 212 valence electrons. The molecule has 2 aliphatic rings. The summed E-state index contributed by atoms with van der Waals surface area (Å²) in [5.41, 5.74) is 3.46. The van der Waals surface area contributed by atoms with E-state index in [1.165, 1.54) is 12.1 Å². The van der Waals surface area contributed by atoms with Crippen molar-refractivity contribution in [1.29, 1.82) is 0 Å². The van der Waals surface area contributed by atoms with Crippen LogP contribution in [0.1, 0.15) is 59.3 Å². The van der Waals surface area contributed by atoms with Gasteiger partial charge in [0, 0.05) is 47.1 Å². The van der Waals surface area contributed by atoms with E-state index in [9.17, 15) is 24.1 Å². The molecule has 1 atom stereocenters. The van der Waals surface area contributed by atoms with Gasteiger partial charge in [0.05, 0.1) is 13.3 Å². The van der Waals surface area contributed by atoms with Crippen molar-refractivity contribution in [1.82, 2.24) is 0 Å². The minimum atomic E-state index is -2.29. The number of hydrogen-bond acceptors (Lipinski definition) is 6. The van der Waals surface area contributed by atoms with E-state index in [2.05, 4.69) is 0 Å². The van der Waals surface area contributed by atoms with Crippen LogP contribution in [0.2, 0.25) is 0 Å². The number of benzene rings is 3. The van der Waals surface area contributed by atoms with Crippen LogP contribution in [-0.2, 0) is 14.2 Å². The molecule has 7 heteroatoms. The Balaban J connectivity index is 0.000000227. The summed E-state index contributed by atoms with van der Waals surface area (Å²) in [7, 11) is -2.29. The molecule has 0 fully saturated rings. The molecule has 2 aromatic rings. The number of carbonyl (C=O) groups is 2. The predicted octanol–water partition coefficient (Wildman–Crippen LogP) is 8.16. The highest BCUT2D eigenvalue weighted by Gasteiger charge is 2.23. The fourth-order valence-corrected chi connectivity index (χ4v) is 5.66. The quantitative estimate of drug-likeness (QED) is 0.112. The molecule has 0 radical (unpaired) electrons. The summed E-state index contributed by atoms with van der Waals surface area (Å²) in [6.45, 7) is 7.16. The molecule has 0 bridgehead atoms. The van der Waals surface area contributed by atoms with Gasteiger partial charge in [0.2, 0.25) is 0 Å². The fraction of sp³-hybridized carbons (Fsp3) is 0.364. The Hall–Kier alpha value is -3.50. The topological polar surface area (TPSA) is 102 Å². The first-order valence-electron chi connectivity index (χ1n) is 13.8. The maximum atomic E-state index is 12.1. The van der Waals surface area contributed by atoms with Gasteiger partial charge in [-0.05, 0) is 56.3 Å². The number of aromatic hydroxyl groups is 1. The Kier molecular flexibility index (Phi) is 11.0. The number of unbranched alkanes of at least 4 members (excludes halogenated alkanes) is 3. The van der Waals surface area contributed by atoms with E-state index >= 15 is 0 Å². The molecule has 0 amide bonds. The molecule has 1 aliphatic carbocycles. The number of phenolic OH excluding ortho intramolecular Hbond substituents is 1. The van der Waals surface area contributed by atoms with Crippen molar-refractivity contribution in [3.05, 3.63) is 77.0 Å². The van der Waals surface area contributed by atoms with Crippen LogP contribution < -0.4 is 5.43 Å². The van der Waals surface area contributed by atoms with E-state index < -0.39 is 7.14 Å². The Morgan fingerprint density at radius 1 is 0.900 bits per heavy atom. The molecule has 1 unspecified atom stereocenters. The van der Waals surface area contributed by atoms with Crippen LogP contribution in [0.4, 0.5) is 0 Å². The maximum Gasteiger partial charge on any atom is 0.182 e. The average molecular weight is 563 g/mol. The lowest BCUT2D eigenvalue weighted by Gasteiger charge is -2.15. The third-order valence-corrected chi connectivity index (χ3v) is 10.2. The summed E-state index contributed by atoms with van der Waals surface area (Å²) >= 11 is 0. The van der Waals surface area contributed by atoms with Gasteiger partial charge in [-0.3, -0.25) is 9.59 Å². The van der Waals surface area contributed by atoms with Gasteiger partial charge in [0.1, 0.15) is 28.7 Å². The van der Waals surface area contributed by atoms with Crippen molar-refractivity contribution >= 4 is 29.7 Å². The van der Waals surface area contributed by atoms with Gasteiger partial charge < -0.3 is 18.9 Å². The summed E-state index contributed by atoms with van der Waals surface area (Å²) in [6, 6.07) is 19.8. The van der Waals surface area contributed by atoms with Crippen LogP contribution in [0.3, 0.4) is 0 Å². The number of rotatable bonds is 11. The molecule has 1 aliphatic heterocycles. The maximum absolute atomic E-state index is 12.1. The van der Waals surface area contributed by atoms with Crippen molar-refractivity contribution in [2.75, 3.05) is 12.8 Å². The van der Waals surface area contributed by atoms with Crippen molar-refractivity contribution < 1.29 is 23.7 Å². The summed E-state index contributed by atoms with van der Waals surface area (Å²) in [5, 5.41) is 10.6. The van der Waals surface area contributed by atoms with Crippen LogP contribution in [0.15, 0.2) is 75.9 Å². The van der Waals surface area contributed by atoms with Gasteiger partial charge in [0.15, 0.2) is 5.43 Å². The second-order valence-electron chi connectivity index (χ2n) is 10.8. The van der Waals surface area contributed by atoms with E-state index in [-0.39, 0.29) is 34.6 Å². The molecule has 0 saturated heterocycles. The minimum Gasteiger partial charge on any atom is -0.508 e. The van der Waals surface area contributed by atoms with Crippen molar-refractivity contribution in [2.45, 2.75) is 65.0 Å². The lowest BCUT2D eigenvalue weighted by atomic mass is 9.94. The van der Waals surface area contributed by atoms with E-state index in [0.29, 0.717) is 24.2 Å². The molecule has 0 spiro atoms. The zero-order valence-corrected chi connectivity index (χ0v) is 24.7. The highest BCUT2D eigenvalue weighted by molar-refractivity contribution is 7.64. The van der Waals surface area contributed by atoms with Gasteiger partial charge >= 0.3 is 0 Å². The van der Waals surface area contributed by atoms with Gasteiger partial charge in [0.25, 0.3) is 0 Å². The average Bonchev–Trinajstić information content (AvgIpc) is 2.89. The molecule has 6 nitrogen and oxygen atoms in total. The van der Waals surface area contributed by atoms with Gasteiger partial charge in [-0.25, -0.2) is 0 Å². The standard InChI is InChI=1S/C19H12O3.C14H27O3P/c20-13-6-8-15-17(10-13)22-18-11-14(21)7-9-16(18)19(15)12-4-2-1-3-5-12;1-12(2)18(4,17)11-14(16)10-8-6-5-7-9-13(3)15/h1-11,20H;12H,5-11H2,1-4H3. The highest BCUT2D eigenvalue weighted by Crippen LogP contribution is 2.46. The summed E-state index contributed by atoms with van der Waals surface area (Å²) in [6.07, 6.45) is 5.18. The lowest BCUT2D eigenvalue weighted by Crippen LogP contribution is -2.10. The molecular weight excluding hydrogens is 523 g/mol. The van der Waals surface area contributed by atoms with Crippen LogP contribution in [0.25, 0.3) is 33.4 Å². The van der Waals surface area contributed by atoms with E-state index in [0.717, 1.165) is 47.8 Å². The SMILES string of the molecule is CC(=O)CCCCCCC(=O)CP(C)(=O)C(C)C.O=c1ccc2c(-c3ccccc3)c3ccc(O)cc3oc-2c1. The molecule has 40 heavy (non-hydrogen) atoms. The summed E-state index contributed by atoms with van der Waals surface area (Å²) in [4.78, 5) is 34.0. The highest BCUT2D eigenvalue weighted by atomic mass is 31.2. The van der Waals surface area contributed by atoms with Crippen molar-refractivity contribution in [3.63, 3.8) is 0 Å². The molecule has 1 heterocycles. The molecule has 2 aromatic carbocycles. The van der Waals surface area contributed by atoms with Gasteiger partial charge in [-0.15, -0.1) is 0 Å². The zero-order valence-electron chi connectivity index (χ0n) is 23.8. The second kappa shape index (κ2) is 14.2. The molecule has 1 N–H and O–H groups in total. The first-order chi connectivity index (χ1) is 19.0. The molecule has 4 rings (SSSR count). The van der Waals surface area contributed by atoms with Crippen LogP contribution in [-0.4, -0.2) is 35.2 Å². The van der Waals surface area contributed by atoms with Crippen LogP contribution >= 0.6 is 7.14 Å².